The Hall–Kier alpha value is -1.50. The molecule has 1 aromatic rings. The molecule has 15 heavy (non-hydrogen) atoms. The molecule has 0 amide bonds. The van der Waals surface area contributed by atoms with Crippen molar-refractivity contribution in [2.75, 3.05) is 11.5 Å². The van der Waals surface area contributed by atoms with Gasteiger partial charge in [0.25, 0.3) is 0 Å². The van der Waals surface area contributed by atoms with E-state index in [1.807, 2.05) is 0 Å². The Labute approximate surface area is 91.2 Å². The van der Waals surface area contributed by atoms with E-state index in [4.69, 9.17) is 10.8 Å². The first-order valence-corrected chi connectivity index (χ1v) is 5.17. The van der Waals surface area contributed by atoms with Gasteiger partial charge in [-0.2, -0.15) is 0 Å². The van der Waals surface area contributed by atoms with E-state index in [9.17, 15) is 4.79 Å². The molecule has 1 rings (SSSR count). The zero-order chi connectivity index (χ0) is 11.4. The second-order valence-corrected chi connectivity index (χ2v) is 3.96. The molecule has 7 heteroatoms. The SMILES string of the molecule is CC(=CC(=O)O)CSc1nnc(N)n1C. The highest BCUT2D eigenvalue weighted by atomic mass is 32.2. The van der Waals surface area contributed by atoms with Crippen molar-refractivity contribution in [2.45, 2.75) is 12.1 Å². The van der Waals surface area contributed by atoms with Crippen LogP contribution in [-0.4, -0.2) is 31.6 Å². The van der Waals surface area contributed by atoms with Crippen molar-refractivity contribution in [1.29, 1.82) is 0 Å². The van der Waals surface area contributed by atoms with Crippen LogP contribution in [0.2, 0.25) is 0 Å². The second-order valence-electron chi connectivity index (χ2n) is 3.02. The Morgan fingerprint density at radius 2 is 2.33 bits per heavy atom. The molecule has 0 saturated carbocycles. The first kappa shape index (κ1) is 11.6. The van der Waals surface area contributed by atoms with E-state index in [1.54, 1.807) is 18.5 Å². The van der Waals surface area contributed by atoms with Gasteiger partial charge in [-0.1, -0.05) is 17.3 Å². The third-order valence-electron chi connectivity index (χ3n) is 1.67. The summed E-state index contributed by atoms with van der Waals surface area (Å²) >= 11 is 1.40. The number of carboxylic acids is 1. The zero-order valence-corrected chi connectivity index (χ0v) is 9.28. The van der Waals surface area contributed by atoms with Crippen molar-refractivity contribution in [2.24, 2.45) is 7.05 Å². The molecule has 0 aromatic carbocycles. The van der Waals surface area contributed by atoms with Crippen LogP contribution < -0.4 is 5.73 Å². The molecule has 0 atom stereocenters. The van der Waals surface area contributed by atoms with E-state index >= 15 is 0 Å². The number of carbonyl (C=O) groups is 1. The summed E-state index contributed by atoms with van der Waals surface area (Å²) in [6.07, 6.45) is 1.17. The maximum atomic E-state index is 10.4. The molecule has 0 saturated heterocycles. The molecule has 0 bridgehead atoms. The third kappa shape index (κ3) is 3.28. The Morgan fingerprint density at radius 1 is 1.67 bits per heavy atom. The Balaban J connectivity index is 2.58. The summed E-state index contributed by atoms with van der Waals surface area (Å²) in [6.45, 7) is 1.75. The normalized spacial score (nSPS) is 11.7. The monoisotopic (exact) mass is 228 g/mol. The number of hydrogen-bond donors (Lipinski definition) is 2. The summed E-state index contributed by atoms with van der Waals surface area (Å²) in [4.78, 5) is 10.4. The summed E-state index contributed by atoms with van der Waals surface area (Å²) in [5, 5.41) is 16.7. The van der Waals surface area contributed by atoms with E-state index in [0.717, 1.165) is 5.57 Å². The minimum atomic E-state index is -0.939. The quantitative estimate of drug-likeness (QED) is 0.576. The molecule has 1 aromatic heterocycles. The molecule has 0 unspecified atom stereocenters. The van der Waals surface area contributed by atoms with E-state index < -0.39 is 5.97 Å². The first-order valence-electron chi connectivity index (χ1n) is 4.18. The molecule has 0 aliphatic carbocycles. The predicted octanol–water partition coefficient (Wildman–Crippen LogP) is 0.520. The summed E-state index contributed by atoms with van der Waals surface area (Å²) in [7, 11) is 1.76. The van der Waals surface area contributed by atoms with Gasteiger partial charge in [-0.05, 0) is 6.92 Å². The second kappa shape index (κ2) is 4.83. The summed E-state index contributed by atoms with van der Waals surface area (Å²) in [6, 6.07) is 0. The number of nitrogens with zero attached hydrogens (tertiary/aromatic N) is 3. The Morgan fingerprint density at radius 3 is 2.80 bits per heavy atom. The third-order valence-corrected chi connectivity index (χ3v) is 2.88. The molecule has 0 fully saturated rings. The molecule has 0 aliphatic rings. The molecule has 6 nitrogen and oxygen atoms in total. The van der Waals surface area contributed by atoms with Crippen LogP contribution in [0.25, 0.3) is 0 Å². The lowest BCUT2D eigenvalue weighted by molar-refractivity contribution is -0.131. The van der Waals surface area contributed by atoms with Crippen LogP contribution in [0.5, 0.6) is 0 Å². The molecule has 0 radical (unpaired) electrons. The highest BCUT2D eigenvalue weighted by molar-refractivity contribution is 7.99. The van der Waals surface area contributed by atoms with Crippen LogP contribution in [0, 0.1) is 0 Å². The van der Waals surface area contributed by atoms with Gasteiger partial charge in [0.2, 0.25) is 5.95 Å². The minimum absolute atomic E-state index is 0.345. The summed E-state index contributed by atoms with van der Waals surface area (Å²) in [5.74, 6) is -0.0407. The molecule has 0 spiro atoms. The average molecular weight is 228 g/mol. The number of nitrogens with two attached hydrogens (primary N) is 1. The van der Waals surface area contributed by atoms with Crippen molar-refractivity contribution < 1.29 is 9.90 Å². The van der Waals surface area contributed by atoms with Gasteiger partial charge in [0.15, 0.2) is 5.16 Å². The molecule has 3 N–H and O–H groups in total. The highest BCUT2D eigenvalue weighted by Crippen LogP contribution is 2.18. The number of rotatable bonds is 4. The Kier molecular flexibility index (Phi) is 3.73. The van der Waals surface area contributed by atoms with Crippen LogP contribution >= 0.6 is 11.8 Å². The summed E-state index contributed by atoms with van der Waals surface area (Å²) < 4.78 is 1.65. The van der Waals surface area contributed by atoms with Gasteiger partial charge in [0, 0.05) is 18.9 Å². The minimum Gasteiger partial charge on any atom is -0.478 e. The number of carboxylic acid groups (broad SMARTS) is 1. The number of aliphatic carboxylic acids is 1. The smallest absolute Gasteiger partial charge is 0.328 e. The zero-order valence-electron chi connectivity index (χ0n) is 8.47. The van der Waals surface area contributed by atoms with Crippen LogP contribution in [0.15, 0.2) is 16.8 Å². The molecule has 0 aliphatic heterocycles. The van der Waals surface area contributed by atoms with Crippen LogP contribution in [0.1, 0.15) is 6.92 Å². The lowest BCUT2D eigenvalue weighted by Crippen LogP contribution is -1.99. The molecule has 82 valence electrons. The molecular formula is C8H12N4O2S. The van der Waals surface area contributed by atoms with Crippen molar-refractivity contribution >= 4 is 23.7 Å². The van der Waals surface area contributed by atoms with Crippen molar-refractivity contribution in [1.82, 2.24) is 14.8 Å². The fourth-order valence-electron chi connectivity index (χ4n) is 0.883. The lowest BCUT2D eigenvalue weighted by Gasteiger charge is -2.00. The maximum Gasteiger partial charge on any atom is 0.328 e. The van der Waals surface area contributed by atoms with Crippen LogP contribution in [0.4, 0.5) is 5.95 Å². The van der Waals surface area contributed by atoms with Gasteiger partial charge >= 0.3 is 5.97 Å². The first-order chi connectivity index (χ1) is 7.00. The van der Waals surface area contributed by atoms with E-state index in [1.165, 1.54) is 17.8 Å². The number of anilines is 1. The standard InChI is InChI=1S/C8H12N4O2S/c1-5(3-6(13)14)4-15-8-11-10-7(9)12(8)2/h3H,4H2,1-2H3,(H2,9,10)(H,13,14). The van der Waals surface area contributed by atoms with Crippen molar-refractivity contribution in [3.05, 3.63) is 11.6 Å². The van der Waals surface area contributed by atoms with Crippen molar-refractivity contribution in [3.63, 3.8) is 0 Å². The Bertz CT molecular complexity index is 399. The van der Waals surface area contributed by atoms with Gasteiger partial charge < -0.3 is 10.8 Å². The van der Waals surface area contributed by atoms with Gasteiger partial charge in [0.1, 0.15) is 0 Å². The number of thioether (sulfide) groups is 1. The van der Waals surface area contributed by atoms with Crippen LogP contribution in [0.3, 0.4) is 0 Å². The average Bonchev–Trinajstić information content (AvgIpc) is 2.44. The van der Waals surface area contributed by atoms with E-state index in [2.05, 4.69) is 10.2 Å². The lowest BCUT2D eigenvalue weighted by atomic mass is 10.3. The number of aromatic nitrogens is 3. The van der Waals surface area contributed by atoms with E-state index in [0.29, 0.717) is 16.9 Å². The summed E-state index contributed by atoms with van der Waals surface area (Å²) in [5.41, 5.74) is 6.25. The topological polar surface area (TPSA) is 94.0 Å². The van der Waals surface area contributed by atoms with E-state index in [-0.39, 0.29) is 0 Å². The fraction of sp³-hybridized carbons (Fsp3) is 0.375. The number of nitrogen functional groups attached to an aromatic ring is 1. The maximum absolute atomic E-state index is 10.4. The van der Waals surface area contributed by atoms with Gasteiger partial charge in [-0.25, -0.2) is 4.79 Å². The van der Waals surface area contributed by atoms with Crippen LogP contribution in [-0.2, 0) is 11.8 Å². The largest absolute Gasteiger partial charge is 0.478 e. The van der Waals surface area contributed by atoms with Crippen molar-refractivity contribution in [3.8, 4) is 0 Å². The van der Waals surface area contributed by atoms with Gasteiger partial charge in [-0.15, -0.1) is 10.2 Å². The molecule has 1 heterocycles. The highest BCUT2D eigenvalue weighted by Gasteiger charge is 2.06. The number of hydrogen-bond acceptors (Lipinski definition) is 5. The van der Waals surface area contributed by atoms with Gasteiger partial charge in [0.05, 0.1) is 0 Å². The fourth-order valence-corrected chi connectivity index (χ4v) is 1.71. The molecular weight excluding hydrogens is 216 g/mol. The predicted molar refractivity (Wildman–Crippen MR) is 57.5 cm³/mol. The van der Waals surface area contributed by atoms with Gasteiger partial charge in [-0.3, -0.25) is 4.57 Å².